The van der Waals surface area contributed by atoms with Crippen LogP contribution in [0.5, 0.6) is 0 Å². The minimum Gasteiger partial charge on any atom is -0.355 e. The van der Waals surface area contributed by atoms with Crippen LogP contribution >= 0.6 is 0 Å². The number of nitrogens with two attached hydrogens (primary N) is 1. The fourth-order valence-corrected chi connectivity index (χ4v) is 2.14. The monoisotopic (exact) mass is 213 g/mol. The third kappa shape index (κ3) is 4.09. The normalized spacial score (nSPS) is 32.6. The molecule has 2 fully saturated rings. The Morgan fingerprint density at radius 1 is 1.00 bits per heavy atom. The maximum Gasteiger partial charge on any atom is 0.147 e. The Balaban J connectivity index is 1.58. The molecule has 0 bridgehead atoms. The van der Waals surface area contributed by atoms with Gasteiger partial charge in [0.2, 0.25) is 0 Å². The second kappa shape index (κ2) is 5.83. The fourth-order valence-electron chi connectivity index (χ4n) is 2.14. The van der Waals surface area contributed by atoms with Gasteiger partial charge in [-0.05, 0) is 31.6 Å². The Morgan fingerprint density at radius 2 is 1.80 bits per heavy atom. The highest BCUT2D eigenvalue weighted by Gasteiger charge is 2.23. The first kappa shape index (κ1) is 11.4. The van der Waals surface area contributed by atoms with Crippen molar-refractivity contribution >= 4 is 0 Å². The van der Waals surface area contributed by atoms with Gasteiger partial charge >= 0.3 is 0 Å². The van der Waals surface area contributed by atoms with Gasteiger partial charge in [-0.15, -0.1) is 0 Å². The highest BCUT2D eigenvalue weighted by atomic mass is 16.7. The van der Waals surface area contributed by atoms with Gasteiger partial charge in [0.25, 0.3) is 0 Å². The second-order valence-electron chi connectivity index (χ2n) is 4.94. The van der Waals surface area contributed by atoms with Crippen molar-refractivity contribution in [2.45, 2.75) is 57.1 Å². The van der Waals surface area contributed by atoms with E-state index in [0.717, 1.165) is 25.4 Å². The molecule has 0 aromatic carbocycles. The molecule has 0 heterocycles. The Labute approximate surface area is 92.3 Å². The van der Waals surface area contributed by atoms with Gasteiger partial charge in [-0.1, -0.05) is 19.3 Å². The molecule has 2 unspecified atom stereocenters. The Hall–Kier alpha value is -0.120. The van der Waals surface area contributed by atoms with Crippen molar-refractivity contribution in [3.8, 4) is 0 Å². The maximum absolute atomic E-state index is 6.05. The molecule has 2 rings (SSSR count). The minimum atomic E-state index is 0.219. The summed E-state index contributed by atoms with van der Waals surface area (Å²) in [6.07, 6.45) is 8.92. The maximum atomic E-state index is 6.05. The Bertz CT molecular complexity index is 182. The molecule has 88 valence electrons. The predicted octanol–water partition coefficient (Wildman–Crippen LogP) is 2.05. The standard InChI is InChI=1S/C12H23NO2/c13-11-4-2-1-3-5-12(11)15-9-14-8-10-6-7-10/h10-12H,1-9,13H2. The fraction of sp³-hybridized carbons (Fsp3) is 1.00. The van der Waals surface area contributed by atoms with E-state index < -0.39 is 0 Å². The molecular weight excluding hydrogens is 190 g/mol. The summed E-state index contributed by atoms with van der Waals surface area (Å²) in [5, 5.41) is 0. The van der Waals surface area contributed by atoms with E-state index in [4.69, 9.17) is 15.2 Å². The van der Waals surface area contributed by atoms with Crippen LogP contribution in [-0.4, -0.2) is 25.5 Å². The van der Waals surface area contributed by atoms with Gasteiger partial charge in [0.15, 0.2) is 0 Å². The molecule has 2 N–H and O–H groups in total. The van der Waals surface area contributed by atoms with E-state index in [1.54, 1.807) is 0 Å². The van der Waals surface area contributed by atoms with Crippen LogP contribution in [-0.2, 0) is 9.47 Å². The van der Waals surface area contributed by atoms with Crippen molar-refractivity contribution in [1.29, 1.82) is 0 Å². The molecule has 0 amide bonds. The van der Waals surface area contributed by atoms with Crippen LogP contribution in [0.2, 0.25) is 0 Å². The molecule has 15 heavy (non-hydrogen) atoms. The predicted molar refractivity (Wildman–Crippen MR) is 59.5 cm³/mol. The molecule has 2 atom stereocenters. The van der Waals surface area contributed by atoms with Gasteiger partial charge in [-0.2, -0.15) is 0 Å². The quantitative estimate of drug-likeness (QED) is 0.432. The Morgan fingerprint density at radius 3 is 2.60 bits per heavy atom. The van der Waals surface area contributed by atoms with Crippen molar-refractivity contribution < 1.29 is 9.47 Å². The average molecular weight is 213 g/mol. The van der Waals surface area contributed by atoms with Gasteiger partial charge in [-0.3, -0.25) is 0 Å². The lowest BCUT2D eigenvalue weighted by molar-refractivity contribution is -0.0999. The number of hydrogen-bond acceptors (Lipinski definition) is 3. The van der Waals surface area contributed by atoms with Gasteiger partial charge in [0.05, 0.1) is 12.7 Å². The van der Waals surface area contributed by atoms with Crippen LogP contribution in [0.1, 0.15) is 44.9 Å². The minimum absolute atomic E-state index is 0.219. The zero-order valence-electron chi connectivity index (χ0n) is 9.49. The molecule has 0 aliphatic heterocycles. The first-order chi connectivity index (χ1) is 7.36. The number of hydrogen-bond donors (Lipinski definition) is 1. The highest BCUT2D eigenvalue weighted by Crippen LogP contribution is 2.28. The lowest BCUT2D eigenvalue weighted by Crippen LogP contribution is -2.36. The lowest BCUT2D eigenvalue weighted by atomic mass is 10.1. The zero-order chi connectivity index (χ0) is 10.5. The lowest BCUT2D eigenvalue weighted by Gasteiger charge is -2.21. The molecule has 2 aliphatic rings. The van der Waals surface area contributed by atoms with E-state index in [-0.39, 0.29) is 12.1 Å². The van der Waals surface area contributed by atoms with E-state index in [1.165, 1.54) is 32.1 Å². The first-order valence-corrected chi connectivity index (χ1v) is 6.31. The molecule has 2 aliphatic carbocycles. The summed E-state index contributed by atoms with van der Waals surface area (Å²) in [6, 6.07) is 0.219. The van der Waals surface area contributed by atoms with Crippen molar-refractivity contribution in [2.75, 3.05) is 13.4 Å². The smallest absolute Gasteiger partial charge is 0.147 e. The molecule has 0 aromatic rings. The molecule has 2 saturated carbocycles. The van der Waals surface area contributed by atoms with Gasteiger partial charge < -0.3 is 15.2 Å². The second-order valence-corrected chi connectivity index (χ2v) is 4.94. The van der Waals surface area contributed by atoms with E-state index in [2.05, 4.69) is 0 Å². The van der Waals surface area contributed by atoms with E-state index in [9.17, 15) is 0 Å². The SMILES string of the molecule is NC1CCCCCC1OCOCC1CC1. The number of rotatable bonds is 5. The molecule has 0 saturated heterocycles. The first-order valence-electron chi connectivity index (χ1n) is 6.31. The topological polar surface area (TPSA) is 44.5 Å². The van der Waals surface area contributed by atoms with Crippen LogP contribution in [0.4, 0.5) is 0 Å². The van der Waals surface area contributed by atoms with Gasteiger partial charge in [0.1, 0.15) is 6.79 Å². The van der Waals surface area contributed by atoms with E-state index in [0.29, 0.717) is 6.79 Å². The summed E-state index contributed by atoms with van der Waals surface area (Å²) < 4.78 is 11.2. The molecule has 0 radical (unpaired) electrons. The van der Waals surface area contributed by atoms with Crippen LogP contribution in [0.15, 0.2) is 0 Å². The Kier molecular flexibility index (Phi) is 4.42. The highest BCUT2D eigenvalue weighted by molar-refractivity contribution is 4.76. The molecular formula is C12H23NO2. The summed E-state index contributed by atoms with van der Waals surface area (Å²) in [5.74, 6) is 0.816. The summed E-state index contributed by atoms with van der Waals surface area (Å²) >= 11 is 0. The van der Waals surface area contributed by atoms with Crippen molar-refractivity contribution in [2.24, 2.45) is 11.7 Å². The number of ether oxygens (including phenoxy) is 2. The summed E-state index contributed by atoms with van der Waals surface area (Å²) in [5.41, 5.74) is 6.05. The third-order valence-electron chi connectivity index (χ3n) is 3.42. The molecule has 3 heteroatoms. The largest absolute Gasteiger partial charge is 0.355 e. The van der Waals surface area contributed by atoms with Crippen LogP contribution in [0.3, 0.4) is 0 Å². The molecule has 0 aromatic heterocycles. The van der Waals surface area contributed by atoms with Crippen molar-refractivity contribution in [1.82, 2.24) is 0 Å². The zero-order valence-corrected chi connectivity index (χ0v) is 9.49. The summed E-state index contributed by atoms with van der Waals surface area (Å²) in [6.45, 7) is 1.32. The van der Waals surface area contributed by atoms with Crippen molar-refractivity contribution in [3.05, 3.63) is 0 Å². The molecule has 3 nitrogen and oxygen atoms in total. The van der Waals surface area contributed by atoms with Crippen LogP contribution in [0, 0.1) is 5.92 Å². The van der Waals surface area contributed by atoms with Crippen molar-refractivity contribution in [3.63, 3.8) is 0 Å². The summed E-state index contributed by atoms with van der Waals surface area (Å²) in [7, 11) is 0. The van der Waals surface area contributed by atoms with Gasteiger partial charge in [0, 0.05) is 6.04 Å². The average Bonchev–Trinajstić information content (AvgIpc) is 3.03. The van der Waals surface area contributed by atoms with Crippen LogP contribution in [0.25, 0.3) is 0 Å². The van der Waals surface area contributed by atoms with E-state index >= 15 is 0 Å². The van der Waals surface area contributed by atoms with E-state index in [1.807, 2.05) is 0 Å². The van der Waals surface area contributed by atoms with Crippen LogP contribution < -0.4 is 5.73 Å². The third-order valence-corrected chi connectivity index (χ3v) is 3.42. The van der Waals surface area contributed by atoms with Gasteiger partial charge in [-0.25, -0.2) is 0 Å². The summed E-state index contributed by atoms with van der Waals surface area (Å²) in [4.78, 5) is 0. The molecule has 0 spiro atoms.